The van der Waals surface area contributed by atoms with Crippen LogP contribution >= 0.6 is 0 Å². The van der Waals surface area contributed by atoms with Crippen LogP contribution in [0.4, 0.5) is 0 Å². The lowest BCUT2D eigenvalue weighted by Gasteiger charge is -2.18. The zero-order chi connectivity index (χ0) is 57.1. The molecule has 79 heavy (non-hydrogen) atoms. The Morgan fingerprint density at radius 2 is 0.494 bits per heavy atom. The van der Waals surface area contributed by atoms with Crippen molar-refractivity contribution in [3.05, 3.63) is 146 Å². The Bertz CT molecular complexity index is 1730. The van der Waals surface area contributed by atoms with Gasteiger partial charge in [0.25, 0.3) is 0 Å². The number of hydrogen-bond donors (Lipinski definition) is 0. The minimum Gasteiger partial charge on any atom is -0.462 e. The van der Waals surface area contributed by atoms with E-state index in [1.54, 1.807) is 0 Å². The summed E-state index contributed by atoms with van der Waals surface area (Å²) >= 11 is 0. The normalized spacial score (nSPS) is 13.1. The van der Waals surface area contributed by atoms with Crippen LogP contribution in [0, 0.1) is 0 Å². The Balaban J connectivity index is 4.41. The Labute approximate surface area is 487 Å². The fraction of sp³-hybridized carbons (Fsp3) is 0.630. The molecule has 0 radical (unpaired) electrons. The number of ether oxygens (including phenoxy) is 3. The van der Waals surface area contributed by atoms with Crippen LogP contribution in [0.15, 0.2) is 146 Å². The zero-order valence-corrected chi connectivity index (χ0v) is 51.1. The van der Waals surface area contributed by atoms with Gasteiger partial charge in [0.15, 0.2) is 6.10 Å². The van der Waals surface area contributed by atoms with Gasteiger partial charge in [-0.05, 0) is 141 Å². The van der Waals surface area contributed by atoms with Gasteiger partial charge in [-0.2, -0.15) is 0 Å². The molecule has 0 heterocycles. The van der Waals surface area contributed by atoms with E-state index in [2.05, 4.69) is 167 Å². The maximum Gasteiger partial charge on any atom is 0.306 e. The number of allylic oxidation sites excluding steroid dienone is 24. The molecular formula is C73H118O6. The lowest BCUT2D eigenvalue weighted by molar-refractivity contribution is -0.167. The fourth-order valence-electron chi connectivity index (χ4n) is 8.53. The Kier molecular flexibility index (Phi) is 61.9. The van der Waals surface area contributed by atoms with Crippen molar-refractivity contribution in [1.82, 2.24) is 0 Å². The molecule has 0 N–H and O–H groups in total. The van der Waals surface area contributed by atoms with Gasteiger partial charge in [0.1, 0.15) is 13.2 Å². The van der Waals surface area contributed by atoms with E-state index < -0.39 is 6.10 Å². The summed E-state index contributed by atoms with van der Waals surface area (Å²) in [5.74, 6) is -0.959. The SMILES string of the molecule is CC/C=C\C/C=C\C/C=C\C/C=C\C/C=C\C/C=C\CCCCC(=O)OC(COC(=O)CCCCCCC/C=C\CCCCCC)COC(=O)CCCCCCCCCCCCC/C=C\C/C=C\C/C=C\C/C=C\C/C=C\CC. The van der Waals surface area contributed by atoms with Gasteiger partial charge in [-0.25, -0.2) is 0 Å². The summed E-state index contributed by atoms with van der Waals surface area (Å²) in [6.07, 6.45) is 94.2. The average molecular weight is 1090 g/mol. The molecule has 0 aliphatic carbocycles. The highest BCUT2D eigenvalue weighted by Gasteiger charge is 2.19. The lowest BCUT2D eigenvalue weighted by atomic mass is 10.0. The maximum absolute atomic E-state index is 12.9. The quantitative estimate of drug-likeness (QED) is 0.0261. The predicted octanol–water partition coefficient (Wildman–Crippen LogP) is 22.3. The predicted molar refractivity (Wildman–Crippen MR) is 343 cm³/mol. The van der Waals surface area contributed by atoms with Crippen molar-refractivity contribution in [3.63, 3.8) is 0 Å². The molecule has 0 aromatic rings. The number of esters is 3. The van der Waals surface area contributed by atoms with Crippen molar-refractivity contribution in [3.8, 4) is 0 Å². The van der Waals surface area contributed by atoms with Gasteiger partial charge < -0.3 is 14.2 Å². The smallest absolute Gasteiger partial charge is 0.306 e. The largest absolute Gasteiger partial charge is 0.462 e. The van der Waals surface area contributed by atoms with E-state index in [9.17, 15) is 14.4 Å². The lowest BCUT2D eigenvalue weighted by Crippen LogP contribution is -2.30. The third-order valence-corrected chi connectivity index (χ3v) is 13.3. The van der Waals surface area contributed by atoms with Crippen LogP contribution < -0.4 is 0 Å². The number of carbonyl (C=O) groups is 3. The van der Waals surface area contributed by atoms with Gasteiger partial charge in [0, 0.05) is 19.3 Å². The highest BCUT2D eigenvalue weighted by Crippen LogP contribution is 2.15. The van der Waals surface area contributed by atoms with E-state index in [-0.39, 0.29) is 37.5 Å². The van der Waals surface area contributed by atoms with Crippen molar-refractivity contribution >= 4 is 17.9 Å². The molecule has 0 rings (SSSR count). The second kappa shape index (κ2) is 65.8. The Morgan fingerprint density at radius 1 is 0.266 bits per heavy atom. The van der Waals surface area contributed by atoms with Crippen molar-refractivity contribution in [1.29, 1.82) is 0 Å². The van der Waals surface area contributed by atoms with Gasteiger partial charge >= 0.3 is 17.9 Å². The molecule has 0 aliphatic rings. The molecule has 0 amide bonds. The second-order valence-electron chi connectivity index (χ2n) is 20.9. The van der Waals surface area contributed by atoms with E-state index in [4.69, 9.17) is 14.2 Å². The van der Waals surface area contributed by atoms with E-state index in [1.165, 1.54) is 96.3 Å². The first-order valence-corrected chi connectivity index (χ1v) is 32.3. The first-order chi connectivity index (χ1) is 39.0. The van der Waals surface area contributed by atoms with E-state index in [0.717, 1.165) is 135 Å². The van der Waals surface area contributed by atoms with Gasteiger partial charge in [0.05, 0.1) is 0 Å². The highest BCUT2D eigenvalue weighted by molar-refractivity contribution is 5.71. The van der Waals surface area contributed by atoms with E-state index in [1.807, 2.05) is 0 Å². The van der Waals surface area contributed by atoms with E-state index >= 15 is 0 Å². The number of unbranched alkanes of at least 4 members (excludes halogenated alkanes) is 22. The first kappa shape index (κ1) is 74.3. The summed E-state index contributed by atoms with van der Waals surface area (Å²) in [6, 6.07) is 0. The summed E-state index contributed by atoms with van der Waals surface area (Å²) in [5, 5.41) is 0. The van der Waals surface area contributed by atoms with Crippen molar-refractivity contribution in [2.24, 2.45) is 0 Å². The van der Waals surface area contributed by atoms with Crippen LogP contribution in [-0.2, 0) is 28.6 Å². The number of carbonyl (C=O) groups excluding carboxylic acids is 3. The monoisotopic (exact) mass is 1090 g/mol. The molecule has 0 aromatic carbocycles. The summed E-state index contributed by atoms with van der Waals surface area (Å²) < 4.78 is 16.9. The minimum absolute atomic E-state index is 0.104. The molecule has 6 nitrogen and oxygen atoms in total. The second-order valence-corrected chi connectivity index (χ2v) is 20.9. The van der Waals surface area contributed by atoms with Crippen LogP contribution in [0.2, 0.25) is 0 Å². The molecule has 0 saturated carbocycles. The molecule has 1 atom stereocenters. The van der Waals surface area contributed by atoms with Crippen LogP contribution in [0.5, 0.6) is 0 Å². The standard InChI is InChI=1S/C73H118O6/c1-4-7-10-13-16-19-22-25-27-29-31-33-34-35-36-37-38-40-41-43-45-48-51-54-57-60-63-66-72(75)78-69-70(68-77-71(74)65-62-59-56-53-50-47-24-21-18-15-12-9-6-3)79-73(76)67-64-61-58-55-52-49-46-44-42-39-32-30-28-26-23-20-17-14-11-8-5-2/h7-8,10-11,16-17,19-21,24-28,31-33,35-36,39,44,46,52,55,70H,4-6,9,12-15,18,22-23,29-30,34,37-38,40-43,45,47-51,53-54,56-69H2,1-3H3/b10-7-,11-8-,19-16-,20-17-,24-21-,27-25-,28-26-,33-31-,36-35-,39-32-,46-44-,55-52-. The Hall–Kier alpha value is -4.71. The van der Waals surface area contributed by atoms with Crippen LogP contribution in [0.25, 0.3) is 0 Å². The molecule has 0 aliphatic heterocycles. The summed E-state index contributed by atoms with van der Waals surface area (Å²) in [6.45, 7) is 6.36. The Morgan fingerprint density at radius 3 is 0.810 bits per heavy atom. The third-order valence-electron chi connectivity index (χ3n) is 13.3. The topological polar surface area (TPSA) is 78.9 Å². The molecular weight excluding hydrogens is 973 g/mol. The minimum atomic E-state index is -0.813. The van der Waals surface area contributed by atoms with Crippen LogP contribution in [0.1, 0.15) is 278 Å². The zero-order valence-electron chi connectivity index (χ0n) is 51.1. The molecule has 446 valence electrons. The number of hydrogen-bond acceptors (Lipinski definition) is 6. The third kappa shape index (κ3) is 64.0. The highest BCUT2D eigenvalue weighted by atomic mass is 16.6. The van der Waals surface area contributed by atoms with Gasteiger partial charge in [-0.15, -0.1) is 0 Å². The van der Waals surface area contributed by atoms with E-state index in [0.29, 0.717) is 19.3 Å². The summed E-state index contributed by atoms with van der Waals surface area (Å²) in [4.78, 5) is 38.3. The van der Waals surface area contributed by atoms with Gasteiger partial charge in [-0.1, -0.05) is 263 Å². The molecule has 0 fully saturated rings. The van der Waals surface area contributed by atoms with Gasteiger partial charge in [-0.3, -0.25) is 14.4 Å². The summed E-state index contributed by atoms with van der Waals surface area (Å²) in [5.41, 5.74) is 0. The molecule has 1 unspecified atom stereocenters. The molecule has 0 spiro atoms. The van der Waals surface area contributed by atoms with Crippen LogP contribution in [-0.4, -0.2) is 37.2 Å². The maximum atomic E-state index is 12.9. The number of rotatable bonds is 57. The molecule has 6 heteroatoms. The molecule has 0 bridgehead atoms. The first-order valence-electron chi connectivity index (χ1n) is 32.3. The molecule has 0 aromatic heterocycles. The van der Waals surface area contributed by atoms with Crippen molar-refractivity contribution < 1.29 is 28.6 Å². The van der Waals surface area contributed by atoms with Crippen LogP contribution in [0.3, 0.4) is 0 Å². The molecule has 0 saturated heterocycles. The van der Waals surface area contributed by atoms with Gasteiger partial charge in [0.2, 0.25) is 0 Å². The van der Waals surface area contributed by atoms with Crippen molar-refractivity contribution in [2.45, 2.75) is 284 Å². The average Bonchev–Trinajstić information content (AvgIpc) is 3.45. The summed E-state index contributed by atoms with van der Waals surface area (Å²) in [7, 11) is 0. The van der Waals surface area contributed by atoms with Crippen molar-refractivity contribution in [2.75, 3.05) is 13.2 Å². The fourth-order valence-corrected chi connectivity index (χ4v) is 8.53.